The van der Waals surface area contributed by atoms with Crippen LogP contribution in [0, 0.1) is 0 Å². The molecule has 0 bridgehead atoms. The van der Waals surface area contributed by atoms with Crippen LogP contribution in [0.1, 0.15) is 10.4 Å². The number of fused-ring (bicyclic) bond motifs is 1. The summed E-state index contributed by atoms with van der Waals surface area (Å²) in [5.41, 5.74) is 0.806. The largest absolute Gasteiger partial charge is 0.504 e. The molecule has 0 amide bonds. The first-order chi connectivity index (χ1) is 16.2. The zero-order valence-corrected chi connectivity index (χ0v) is 18.1. The van der Waals surface area contributed by atoms with E-state index in [1.807, 2.05) is 0 Å². The molecular formula is C24H21NO9. The maximum Gasteiger partial charge on any atom is 0.201 e. The smallest absolute Gasteiger partial charge is 0.201 e. The molecule has 0 aliphatic carbocycles. The number of methoxy groups -OCH3 is 2. The third kappa shape index (κ3) is 3.51. The molecule has 176 valence electrons. The van der Waals surface area contributed by atoms with Crippen LogP contribution in [0.2, 0.25) is 0 Å². The summed E-state index contributed by atoms with van der Waals surface area (Å²) in [4.78, 5) is 13.0. The first kappa shape index (κ1) is 22.5. The van der Waals surface area contributed by atoms with Crippen molar-refractivity contribution in [2.45, 2.75) is 6.54 Å². The number of ether oxygens (including phenoxy) is 2. The summed E-state index contributed by atoms with van der Waals surface area (Å²) in [7, 11) is 2.90. The Morgan fingerprint density at radius 1 is 0.794 bits per heavy atom. The van der Waals surface area contributed by atoms with E-state index in [-0.39, 0.29) is 17.7 Å². The van der Waals surface area contributed by atoms with E-state index >= 15 is 0 Å². The van der Waals surface area contributed by atoms with E-state index in [4.69, 9.17) is 9.47 Å². The first-order valence-corrected chi connectivity index (χ1v) is 9.94. The van der Waals surface area contributed by atoms with Gasteiger partial charge in [0, 0.05) is 34.8 Å². The summed E-state index contributed by atoms with van der Waals surface area (Å²) in [5, 5.41) is 60.1. The van der Waals surface area contributed by atoms with Crippen molar-refractivity contribution in [1.82, 2.24) is 4.57 Å². The van der Waals surface area contributed by atoms with E-state index in [0.717, 1.165) is 6.07 Å². The Bertz CT molecular complexity index is 1440. The van der Waals surface area contributed by atoms with E-state index in [1.54, 1.807) is 12.1 Å². The lowest BCUT2D eigenvalue weighted by molar-refractivity contribution is 0.0970. The van der Waals surface area contributed by atoms with Gasteiger partial charge in [0.25, 0.3) is 0 Å². The third-order valence-corrected chi connectivity index (χ3v) is 5.54. The van der Waals surface area contributed by atoms with Gasteiger partial charge in [-0.3, -0.25) is 4.79 Å². The van der Waals surface area contributed by atoms with Crippen molar-refractivity contribution >= 4 is 16.7 Å². The molecule has 0 atom stereocenters. The second kappa shape index (κ2) is 8.32. The Morgan fingerprint density at radius 3 is 2.09 bits per heavy atom. The quantitative estimate of drug-likeness (QED) is 0.184. The Kier molecular flexibility index (Phi) is 5.50. The van der Waals surface area contributed by atoms with Gasteiger partial charge < -0.3 is 44.7 Å². The highest BCUT2D eigenvalue weighted by Crippen LogP contribution is 2.47. The average molecular weight is 467 g/mol. The van der Waals surface area contributed by atoms with Gasteiger partial charge in [0.15, 0.2) is 28.8 Å². The van der Waals surface area contributed by atoms with Crippen molar-refractivity contribution in [3.8, 4) is 57.1 Å². The molecule has 0 saturated carbocycles. The molecule has 0 aliphatic rings. The Morgan fingerprint density at radius 2 is 1.44 bits per heavy atom. The number of benzene rings is 3. The summed E-state index contributed by atoms with van der Waals surface area (Å²) in [6, 6.07) is 8.14. The molecular weight excluding hydrogens is 446 g/mol. The molecule has 10 heteroatoms. The minimum Gasteiger partial charge on any atom is -0.504 e. The number of phenolic OH excluding ortho intramolecular Hbond substituents is 6. The number of hydrogen-bond donors (Lipinski definition) is 6. The first-order valence-electron chi connectivity index (χ1n) is 9.94. The monoisotopic (exact) mass is 467 g/mol. The van der Waals surface area contributed by atoms with Crippen molar-refractivity contribution < 1.29 is 44.9 Å². The molecule has 3 aromatic carbocycles. The van der Waals surface area contributed by atoms with Crippen LogP contribution in [0.25, 0.3) is 22.0 Å². The summed E-state index contributed by atoms with van der Waals surface area (Å²) < 4.78 is 12.4. The van der Waals surface area contributed by atoms with Gasteiger partial charge in [0.2, 0.25) is 11.5 Å². The molecule has 6 N–H and O–H groups in total. The van der Waals surface area contributed by atoms with E-state index in [0.29, 0.717) is 28.0 Å². The van der Waals surface area contributed by atoms with Gasteiger partial charge >= 0.3 is 0 Å². The topological polar surface area (TPSA) is 162 Å². The fourth-order valence-corrected chi connectivity index (χ4v) is 3.80. The van der Waals surface area contributed by atoms with Crippen LogP contribution >= 0.6 is 0 Å². The SMILES string of the molecule is COc1cc(OC)c2c(-c3ccc(O)c(O)c3O)cn(CC(=O)c3ccc(O)c(O)c3O)c2c1. The molecule has 4 rings (SSSR count). The summed E-state index contributed by atoms with van der Waals surface area (Å²) in [6.07, 6.45) is 1.54. The predicted molar refractivity (Wildman–Crippen MR) is 121 cm³/mol. The number of hydrogen-bond acceptors (Lipinski definition) is 9. The van der Waals surface area contributed by atoms with Gasteiger partial charge in [0.05, 0.1) is 31.8 Å². The highest BCUT2D eigenvalue weighted by Gasteiger charge is 2.23. The molecule has 0 unspecified atom stereocenters. The zero-order valence-electron chi connectivity index (χ0n) is 18.1. The van der Waals surface area contributed by atoms with Crippen LogP contribution in [0.15, 0.2) is 42.6 Å². The molecule has 34 heavy (non-hydrogen) atoms. The number of Topliss-reactive ketones (excluding diaryl/α,β-unsaturated/α-hetero) is 1. The predicted octanol–water partition coefficient (Wildman–Crippen LogP) is 3.44. The highest BCUT2D eigenvalue weighted by atomic mass is 16.5. The van der Waals surface area contributed by atoms with Gasteiger partial charge in [0.1, 0.15) is 11.5 Å². The molecule has 4 aromatic rings. The van der Waals surface area contributed by atoms with Crippen molar-refractivity contribution in [2.75, 3.05) is 14.2 Å². The highest BCUT2D eigenvalue weighted by molar-refractivity contribution is 6.05. The number of aromatic hydroxyl groups is 6. The average Bonchev–Trinajstić information content (AvgIpc) is 3.18. The van der Waals surface area contributed by atoms with E-state index in [2.05, 4.69) is 0 Å². The lowest BCUT2D eigenvalue weighted by Crippen LogP contribution is -2.10. The van der Waals surface area contributed by atoms with Crippen LogP contribution in [-0.2, 0) is 6.54 Å². The van der Waals surface area contributed by atoms with E-state index in [9.17, 15) is 35.4 Å². The minimum atomic E-state index is -0.809. The van der Waals surface area contributed by atoms with E-state index < -0.39 is 40.3 Å². The second-order valence-corrected chi connectivity index (χ2v) is 7.48. The van der Waals surface area contributed by atoms with Crippen molar-refractivity contribution in [1.29, 1.82) is 0 Å². The maximum atomic E-state index is 13.0. The summed E-state index contributed by atoms with van der Waals surface area (Å²) >= 11 is 0. The van der Waals surface area contributed by atoms with Crippen molar-refractivity contribution in [3.63, 3.8) is 0 Å². The van der Waals surface area contributed by atoms with Gasteiger partial charge in [-0.15, -0.1) is 0 Å². The molecule has 0 spiro atoms. The zero-order chi connectivity index (χ0) is 24.7. The number of carbonyl (C=O) groups excluding carboxylic acids is 1. The van der Waals surface area contributed by atoms with Crippen molar-refractivity contribution in [3.05, 3.63) is 48.2 Å². The normalized spacial score (nSPS) is 11.0. The number of ketones is 1. The van der Waals surface area contributed by atoms with Crippen LogP contribution in [0.5, 0.6) is 46.0 Å². The summed E-state index contributed by atoms with van der Waals surface area (Å²) in [6.45, 7) is -0.310. The van der Waals surface area contributed by atoms with Gasteiger partial charge in [-0.1, -0.05) is 0 Å². The Balaban J connectivity index is 1.94. The standard InChI is InChI=1S/C24H21NO9/c1-33-11-7-15-20(19(8-11)34-2)14(12-3-5-16(26)23(31)21(12)29)9-25(15)10-18(28)13-4-6-17(27)24(32)22(13)30/h3-9,26-27,29-32H,10H2,1-2H3. The summed E-state index contributed by atoms with van der Waals surface area (Å²) in [5.74, 6) is -3.71. The molecule has 0 aliphatic heterocycles. The minimum absolute atomic E-state index is 0.167. The van der Waals surface area contributed by atoms with Crippen LogP contribution in [0.3, 0.4) is 0 Å². The number of aromatic nitrogens is 1. The molecule has 0 fully saturated rings. The number of carbonyl (C=O) groups is 1. The number of phenols is 6. The lowest BCUT2D eigenvalue weighted by atomic mass is 10.0. The van der Waals surface area contributed by atoms with Crippen LogP contribution in [-0.4, -0.2) is 55.2 Å². The maximum absolute atomic E-state index is 13.0. The van der Waals surface area contributed by atoms with Gasteiger partial charge in [-0.2, -0.15) is 0 Å². The van der Waals surface area contributed by atoms with Gasteiger partial charge in [-0.05, 0) is 24.3 Å². The molecule has 10 nitrogen and oxygen atoms in total. The van der Waals surface area contributed by atoms with Crippen molar-refractivity contribution in [2.24, 2.45) is 0 Å². The fourth-order valence-electron chi connectivity index (χ4n) is 3.80. The Hall–Kier alpha value is -4.73. The molecule has 0 radical (unpaired) electrons. The van der Waals surface area contributed by atoms with Crippen LogP contribution in [0.4, 0.5) is 0 Å². The number of nitrogens with zero attached hydrogens (tertiary/aromatic N) is 1. The molecule has 1 aromatic heterocycles. The fraction of sp³-hybridized carbons (Fsp3) is 0.125. The molecule has 0 saturated heterocycles. The third-order valence-electron chi connectivity index (χ3n) is 5.54. The van der Waals surface area contributed by atoms with Gasteiger partial charge in [-0.25, -0.2) is 0 Å². The second-order valence-electron chi connectivity index (χ2n) is 7.48. The van der Waals surface area contributed by atoms with Crippen LogP contribution < -0.4 is 9.47 Å². The lowest BCUT2D eigenvalue weighted by Gasteiger charge is -2.11. The number of rotatable bonds is 6. The van der Waals surface area contributed by atoms with E-state index in [1.165, 1.54) is 43.2 Å². The Labute approximate surface area is 192 Å². The molecule has 1 heterocycles.